The van der Waals surface area contributed by atoms with Crippen molar-refractivity contribution in [3.8, 4) is 0 Å². The summed E-state index contributed by atoms with van der Waals surface area (Å²) in [4.78, 5) is 17.7. The minimum atomic E-state index is -0.0237. The first-order valence-electron chi connectivity index (χ1n) is 8.73. The van der Waals surface area contributed by atoms with Crippen LogP contribution in [0.4, 0.5) is 0 Å². The maximum Gasteiger partial charge on any atom is 0.230 e. The van der Waals surface area contributed by atoms with Gasteiger partial charge in [-0.25, -0.2) is 0 Å². The lowest BCUT2D eigenvalue weighted by molar-refractivity contribution is -0.118. The van der Waals surface area contributed by atoms with Crippen molar-refractivity contribution in [2.75, 3.05) is 5.75 Å². The standard InChI is InChI=1S/C20H15N5OS2/c26-18(22-10-13-4-3-9-27-13)12-28-20-24-23-19-15-7-8-21-11-16(15)14-5-1-2-6-17(14)25(19)20/h1-9,11H,10,12H2,(H,22,26). The Kier molecular flexibility index (Phi) is 4.42. The largest absolute Gasteiger partial charge is 0.350 e. The Bertz CT molecular complexity index is 1300. The maximum atomic E-state index is 12.3. The molecular formula is C20H15N5OS2. The molecule has 0 saturated carbocycles. The molecule has 0 aliphatic heterocycles. The Morgan fingerprint density at radius 3 is 2.89 bits per heavy atom. The van der Waals surface area contributed by atoms with Crippen molar-refractivity contribution in [1.29, 1.82) is 0 Å². The van der Waals surface area contributed by atoms with Crippen LogP contribution >= 0.6 is 23.1 Å². The van der Waals surface area contributed by atoms with Crippen LogP contribution in [-0.2, 0) is 11.3 Å². The number of hydrogen-bond acceptors (Lipinski definition) is 6. The van der Waals surface area contributed by atoms with Crippen molar-refractivity contribution in [2.24, 2.45) is 0 Å². The van der Waals surface area contributed by atoms with Gasteiger partial charge in [0.05, 0.1) is 17.8 Å². The van der Waals surface area contributed by atoms with E-state index in [9.17, 15) is 4.79 Å². The molecule has 4 heterocycles. The highest BCUT2D eigenvalue weighted by atomic mass is 32.2. The van der Waals surface area contributed by atoms with Crippen LogP contribution in [0.2, 0.25) is 0 Å². The predicted octanol–water partition coefficient (Wildman–Crippen LogP) is 3.90. The molecule has 138 valence electrons. The summed E-state index contributed by atoms with van der Waals surface area (Å²) < 4.78 is 2.02. The number of hydrogen-bond donors (Lipinski definition) is 1. The molecular weight excluding hydrogens is 390 g/mol. The van der Waals surface area contributed by atoms with E-state index in [0.717, 1.165) is 32.2 Å². The van der Waals surface area contributed by atoms with Crippen molar-refractivity contribution >= 4 is 56.3 Å². The summed E-state index contributed by atoms with van der Waals surface area (Å²) in [6, 6.07) is 14.1. The minimum absolute atomic E-state index is 0.0237. The number of thioether (sulfide) groups is 1. The van der Waals surface area contributed by atoms with E-state index < -0.39 is 0 Å². The fraction of sp³-hybridized carbons (Fsp3) is 0.100. The summed E-state index contributed by atoms with van der Waals surface area (Å²) in [5, 5.41) is 17.5. The number of aromatic nitrogens is 4. The number of carbonyl (C=O) groups is 1. The highest BCUT2D eigenvalue weighted by Gasteiger charge is 2.15. The fourth-order valence-electron chi connectivity index (χ4n) is 3.24. The van der Waals surface area contributed by atoms with Crippen LogP contribution in [-0.4, -0.2) is 31.2 Å². The summed E-state index contributed by atoms with van der Waals surface area (Å²) >= 11 is 3.02. The number of nitrogens with zero attached hydrogens (tertiary/aromatic N) is 4. The van der Waals surface area contributed by atoms with Gasteiger partial charge in [-0.2, -0.15) is 0 Å². The topological polar surface area (TPSA) is 72.2 Å². The molecule has 0 aliphatic rings. The molecule has 5 rings (SSSR count). The molecule has 1 N–H and O–H groups in total. The Labute approximate surface area is 168 Å². The van der Waals surface area contributed by atoms with Crippen LogP contribution in [0.25, 0.3) is 27.3 Å². The fourth-order valence-corrected chi connectivity index (χ4v) is 4.65. The second-order valence-corrected chi connectivity index (χ2v) is 8.20. The number of benzene rings is 1. The van der Waals surface area contributed by atoms with E-state index in [2.05, 4.69) is 26.6 Å². The van der Waals surface area contributed by atoms with Crippen molar-refractivity contribution < 1.29 is 4.79 Å². The lowest BCUT2D eigenvalue weighted by Gasteiger charge is -2.08. The second kappa shape index (κ2) is 7.21. The lowest BCUT2D eigenvalue weighted by atomic mass is 10.1. The minimum Gasteiger partial charge on any atom is -0.350 e. The Hall–Kier alpha value is -2.97. The van der Waals surface area contributed by atoms with Gasteiger partial charge in [-0.05, 0) is 23.6 Å². The summed E-state index contributed by atoms with van der Waals surface area (Å²) in [5.74, 6) is 0.263. The molecule has 0 radical (unpaired) electrons. The lowest BCUT2D eigenvalue weighted by Crippen LogP contribution is -2.24. The van der Waals surface area contributed by atoms with Crippen LogP contribution in [0, 0.1) is 0 Å². The van der Waals surface area contributed by atoms with Gasteiger partial charge in [0.2, 0.25) is 5.91 Å². The van der Waals surface area contributed by atoms with Crippen LogP contribution in [0.15, 0.2) is 65.4 Å². The van der Waals surface area contributed by atoms with E-state index in [1.54, 1.807) is 17.5 Å². The number of rotatable bonds is 5. The second-order valence-electron chi connectivity index (χ2n) is 6.22. The van der Waals surface area contributed by atoms with Gasteiger partial charge in [0.1, 0.15) is 0 Å². The molecule has 0 saturated heterocycles. The maximum absolute atomic E-state index is 12.3. The zero-order valence-corrected chi connectivity index (χ0v) is 16.3. The third-order valence-corrected chi connectivity index (χ3v) is 6.31. The highest BCUT2D eigenvalue weighted by molar-refractivity contribution is 7.99. The van der Waals surface area contributed by atoms with Crippen molar-refractivity contribution in [1.82, 2.24) is 24.9 Å². The molecule has 5 aromatic rings. The van der Waals surface area contributed by atoms with Gasteiger partial charge in [-0.3, -0.25) is 14.2 Å². The summed E-state index contributed by atoms with van der Waals surface area (Å²) in [6.07, 6.45) is 3.62. The summed E-state index contributed by atoms with van der Waals surface area (Å²) in [7, 11) is 0. The Morgan fingerprint density at radius 1 is 1.07 bits per heavy atom. The molecule has 8 heteroatoms. The van der Waals surface area contributed by atoms with E-state index in [-0.39, 0.29) is 11.7 Å². The molecule has 6 nitrogen and oxygen atoms in total. The molecule has 0 aliphatic carbocycles. The van der Waals surface area contributed by atoms with E-state index >= 15 is 0 Å². The van der Waals surface area contributed by atoms with E-state index in [1.807, 2.05) is 52.4 Å². The molecule has 0 fully saturated rings. The van der Waals surface area contributed by atoms with Crippen molar-refractivity contribution in [3.63, 3.8) is 0 Å². The highest BCUT2D eigenvalue weighted by Crippen LogP contribution is 2.30. The molecule has 0 unspecified atom stereocenters. The first-order chi connectivity index (χ1) is 13.8. The average Bonchev–Trinajstić information content (AvgIpc) is 3.41. The van der Waals surface area contributed by atoms with Crippen LogP contribution in [0.3, 0.4) is 0 Å². The smallest absolute Gasteiger partial charge is 0.230 e. The molecule has 0 spiro atoms. The number of thiophene rings is 1. The van der Waals surface area contributed by atoms with E-state index in [1.165, 1.54) is 11.8 Å². The predicted molar refractivity (Wildman–Crippen MR) is 113 cm³/mol. The number of fused-ring (bicyclic) bond motifs is 6. The van der Waals surface area contributed by atoms with Crippen LogP contribution in [0.5, 0.6) is 0 Å². The Morgan fingerprint density at radius 2 is 2.00 bits per heavy atom. The molecule has 0 atom stereocenters. The van der Waals surface area contributed by atoms with Crippen molar-refractivity contribution in [2.45, 2.75) is 11.7 Å². The Balaban J connectivity index is 1.48. The van der Waals surface area contributed by atoms with E-state index in [4.69, 9.17) is 0 Å². The number of amides is 1. The molecule has 28 heavy (non-hydrogen) atoms. The number of pyridine rings is 2. The first kappa shape index (κ1) is 17.2. The first-order valence-corrected chi connectivity index (χ1v) is 10.6. The normalized spacial score (nSPS) is 11.4. The van der Waals surface area contributed by atoms with Crippen molar-refractivity contribution in [3.05, 3.63) is 65.1 Å². The molecule has 0 bridgehead atoms. The summed E-state index contributed by atoms with van der Waals surface area (Å²) in [6.45, 7) is 0.554. The summed E-state index contributed by atoms with van der Waals surface area (Å²) in [5.41, 5.74) is 1.78. The van der Waals surface area contributed by atoms with E-state index in [0.29, 0.717) is 11.7 Å². The van der Waals surface area contributed by atoms with Gasteiger partial charge in [0.25, 0.3) is 0 Å². The number of para-hydroxylation sites is 1. The quantitative estimate of drug-likeness (QED) is 0.355. The zero-order chi connectivity index (χ0) is 18.9. The SMILES string of the molecule is O=C(CSc1nnc2c3ccncc3c3ccccc3n12)NCc1cccs1. The van der Waals surface area contributed by atoms with Crippen LogP contribution < -0.4 is 5.32 Å². The van der Waals surface area contributed by atoms with Gasteiger partial charge in [-0.15, -0.1) is 21.5 Å². The zero-order valence-electron chi connectivity index (χ0n) is 14.7. The third kappa shape index (κ3) is 3.00. The molecule has 1 amide bonds. The average molecular weight is 406 g/mol. The van der Waals surface area contributed by atoms with Crippen LogP contribution in [0.1, 0.15) is 4.88 Å². The van der Waals surface area contributed by atoms with Gasteiger partial charge in [0.15, 0.2) is 10.8 Å². The molecule has 1 aromatic carbocycles. The van der Waals surface area contributed by atoms with Gasteiger partial charge in [-0.1, -0.05) is 36.0 Å². The van der Waals surface area contributed by atoms with Gasteiger partial charge < -0.3 is 5.32 Å². The van der Waals surface area contributed by atoms with Gasteiger partial charge >= 0.3 is 0 Å². The number of nitrogens with one attached hydrogen (secondary N) is 1. The third-order valence-electron chi connectivity index (χ3n) is 4.50. The van der Waals surface area contributed by atoms with Gasteiger partial charge in [0, 0.05) is 33.4 Å². The monoisotopic (exact) mass is 405 g/mol. The molecule has 4 aromatic heterocycles. The number of carbonyl (C=O) groups excluding carboxylic acids is 1.